The standard InChI is InChI=1S/C13H27N3S/c1-4-12(5-2)10-15-6-8-16(9-7-15)11(3)13(14)17/h11-12H,4-10H2,1-3H3,(H2,14,17). The second-order valence-electron chi connectivity index (χ2n) is 5.10. The minimum Gasteiger partial charge on any atom is -0.392 e. The van der Waals surface area contributed by atoms with Crippen LogP contribution < -0.4 is 5.73 Å². The van der Waals surface area contributed by atoms with Gasteiger partial charge in [0.2, 0.25) is 0 Å². The van der Waals surface area contributed by atoms with Crippen molar-refractivity contribution >= 4 is 17.2 Å². The first-order valence-corrected chi connectivity index (χ1v) is 7.25. The summed E-state index contributed by atoms with van der Waals surface area (Å²) in [5, 5.41) is 0. The molecule has 2 N–H and O–H groups in total. The van der Waals surface area contributed by atoms with E-state index in [4.69, 9.17) is 18.0 Å². The first-order valence-electron chi connectivity index (χ1n) is 6.84. The predicted molar refractivity (Wildman–Crippen MR) is 78.3 cm³/mol. The molecule has 3 nitrogen and oxygen atoms in total. The Balaban J connectivity index is 2.33. The highest BCUT2D eigenvalue weighted by molar-refractivity contribution is 7.80. The third kappa shape index (κ3) is 4.53. The summed E-state index contributed by atoms with van der Waals surface area (Å²) in [4.78, 5) is 5.60. The van der Waals surface area contributed by atoms with E-state index < -0.39 is 0 Å². The van der Waals surface area contributed by atoms with Crippen molar-refractivity contribution in [1.29, 1.82) is 0 Å². The maximum Gasteiger partial charge on any atom is 0.0899 e. The molecule has 0 amide bonds. The number of rotatable bonds is 6. The van der Waals surface area contributed by atoms with Crippen LogP contribution in [0.1, 0.15) is 33.6 Å². The number of hydrogen-bond acceptors (Lipinski definition) is 3. The normalized spacial score (nSPS) is 20.7. The molecule has 1 aliphatic rings. The third-order valence-corrected chi connectivity index (χ3v) is 4.38. The van der Waals surface area contributed by atoms with Crippen molar-refractivity contribution in [2.24, 2.45) is 11.7 Å². The molecule has 100 valence electrons. The lowest BCUT2D eigenvalue weighted by Gasteiger charge is -2.38. The number of nitrogens with zero attached hydrogens (tertiary/aromatic N) is 2. The average molecular weight is 257 g/mol. The molecule has 0 bridgehead atoms. The molecule has 1 saturated heterocycles. The maximum absolute atomic E-state index is 5.70. The monoisotopic (exact) mass is 257 g/mol. The highest BCUT2D eigenvalue weighted by Crippen LogP contribution is 2.13. The van der Waals surface area contributed by atoms with Crippen molar-refractivity contribution < 1.29 is 0 Å². The summed E-state index contributed by atoms with van der Waals surface area (Å²) < 4.78 is 0. The molecule has 17 heavy (non-hydrogen) atoms. The van der Waals surface area contributed by atoms with Crippen molar-refractivity contribution in [3.8, 4) is 0 Å². The second-order valence-corrected chi connectivity index (χ2v) is 5.57. The molecule has 1 unspecified atom stereocenters. The number of thiocarbonyl (C=S) groups is 1. The van der Waals surface area contributed by atoms with Gasteiger partial charge in [-0.15, -0.1) is 0 Å². The van der Waals surface area contributed by atoms with E-state index in [1.165, 1.54) is 19.4 Å². The SMILES string of the molecule is CCC(CC)CN1CCN(C(C)C(N)=S)CC1. The Morgan fingerprint density at radius 2 is 1.71 bits per heavy atom. The predicted octanol–water partition coefficient (Wildman–Crippen LogP) is 1.71. The van der Waals surface area contributed by atoms with Crippen molar-refractivity contribution in [3.05, 3.63) is 0 Å². The van der Waals surface area contributed by atoms with Gasteiger partial charge in [0.05, 0.1) is 11.0 Å². The maximum atomic E-state index is 5.70. The Bertz CT molecular complexity index is 233. The van der Waals surface area contributed by atoms with E-state index in [0.717, 1.165) is 32.1 Å². The summed E-state index contributed by atoms with van der Waals surface area (Å²) in [6.45, 7) is 12.4. The summed E-state index contributed by atoms with van der Waals surface area (Å²) in [7, 11) is 0. The molecular formula is C13H27N3S. The van der Waals surface area contributed by atoms with Gasteiger partial charge >= 0.3 is 0 Å². The molecule has 0 aromatic carbocycles. The highest BCUT2D eigenvalue weighted by Gasteiger charge is 2.23. The van der Waals surface area contributed by atoms with Crippen molar-refractivity contribution in [1.82, 2.24) is 9.80 Å². The Hall–Kier alpha value is -0.190. The fourth-order valence-corrected chi connectivity index (χ4v) is 2.57. The summed E-state index contributed by atoms with van der Waals surface area (Å²) in [6.07, 6.45) is 2.58. The van der Waals surface area contributed by atoms with Crippen LogP contribution in [0.4, 0.5) is 0 Å². The lowest BCUT2D eigenvalue weighted by atomic mass is 10.0. The van der Waals surface area contributed by atoms with Gasteiger partial charge in [0.25, 0.3) is 0 Å². The van der Waals surface area contributed by atoms with Crippen LogP contribution in [-0.2, 0) is 0 Å². The zero-order chi connectivity index (χ0) is 12.8. The van der Waals surface area contributed by atoms with Gasteiger partial charge < -0.3 is 10.6 Å². The van der Waals surface area contributed by atoms with E-state index in [1.54, 1.807) is 0 Å². The van der Waals surface area contributed by atoms with Crippen LogP contribution in [0.15, 0.2) is 0 Å². The molecule has 0 saturated carbocycles. The summed E-state index contributed by atoms with van der Waals surface area (Å²) in [6, 6.07) is 0.250. The molecule has 1 rings (SSSR count). The number of hydrogen-bond donors (Lipinski definition) is 1. The third-order valence-electron chi connectivity index (χ3n) is 4.04. The fraction of sp³-hybridized carbons (Fsp3) is 0.923. The number of piperazine rings is 1. The molecule has 0 radical (unpaired) electrons. The van der Waals surface area contributed by atoms with Crippen molar-refractivity contribution in [3.63, 3.8) is 0 Å². The van der Waals surface area contributed by atoms with Crippen LogP contribution in [0.3, 0.4) is 0 Å². The highest BCUT2D eigenvalue weighted by atomic mass is 32.1. The summed E-state index contributed by atoms with van der Waals surface area (Å²) >= 11 is 5.06. The van der Waals surface area contributed by atoms with Crippen LogP contribution in [0, 0.1) is 5.92 Å². The van der Waals surface area contributed by atoms with E-state index in [0.29, 0.717) is 4.99 Å². The van der Waals surface area contributed by atoms with Crippen molar-refractivity contribution in [2.75, 3.05) is 32.7 Å². The van der Waals surface area contributed by atoms with Crippen LogP contribution in [0.5, 0.6) is 0 Å². The van der Waals surface area contributed by atoms with Crippen LogP contribution in [0.2, 0.25) is 0 Å². The molecule has 0 aliphatic carbocycles. The van der Waals surface area contributed by atoms with Gasteiger partial charge in [-0.25, -0.2) is 0 Å². The molecule has 0 spiro atoms. The van der Waals surface area contributed by atoms with Crippen LogP contribution >= 0.6 is 12.2 Å². The quantitative estimate of drug-likeness (QED) is 0.734. The summed E-state index contributed by atoms with van der Waals surface area (Å²) in [5.74, 6) is 0.856. The molecular weight excluding hydrogens is 230 g/mol. The van der Waals surface area contributed by atoms with E-state index in [-0.39, 0.29) is 6.04 Å². The largest absolute Gasteiger partial charge is 0.392 e. The van der Waals surface area contributed by atoms with E-state index >= 15 is 0 Å². The van der Waals surface area contributed by atoms with Gasteiger partial charge in [-0.1, -0.05) is 38.9 Å². The molecule has 4 heteroatoms. The van der Waals surface area contributed by atoms with Gasteiger partial charge in [-0.05, 0) is 12.8 Å². The second kappa shape index (κ2) is 7.29. The summed E-state index contributed by atoms with van der Waals surface area (Å²) in [5.41, 5.74) is 5.70. The number of nitrogens with two attached hydrogens (primary N) is 1. The topological polar surface area (TPSA) is 32.5 Å². The fourth-order valence-electron chi connectivity index (χ4n) is 2.43. The molecule has 1 atom stereocenters. The smallest absolute Gasteiger partial charge is 0.0899 e. The Labute approximate surface area is 111 Å². The minimum atomic E-state index is 0.250. The first kappa shape index (κ1) is 14.9. The van der Waals surface area contributed by atoms with Gasteiger partial charge in [0.15, 0.2) is 0 Å². The lowest BCUT2D eigenvalue weighted by Crippen LogP contribution is -2.53. The van der Waals surface area contributed by atoms with E-state index in [2.05, 4.69) is 30.6 Å². The zero-order valence-corrected chi connectivity index (χ0v) is 12.3. The van der Waals surface area contributed by atoms with Crippen molar-refractivity contribution in [2.45, 2.75) is 39.7 Å². The van der Waals surface area contributed by atoms with Gasteiger partial charge in [0, 0.05) is 32.7 Å². The zero-order valence-electron chi connectivity index (χ0n) is 11.5. The minimum absolute atomic E-state index is 0.250. The molecule has 1 heterocycles. The van der Waals surface area contributed by atoms with E-state index in [9.17, 15) is 0 Å². The van der Waals surface area contributed by atoms with Crippen LogP contribution in [-0.4, -0.2) is 53.6 Å². The Morgan fingerprint density at radius 1 is 1.18 bits per heavy atom. The molecule has 0 aromatic heterocycles. The van der Waals surface area contributed by atoms with Gasteiger partial charge in [0.1, 0.15) is 0 Å². The Kier molecular flexibility index (Phi) is 6.38. The van der Waals surface area contributed by atoms with E-state index in [1.807, 2.05) is 0 Å². The van der Waals surface area contributed by atoms with Crippen LogP contribution in [0.25, 0.3) is 0 Å². The lowest BCUT2D eigenvalue weighted by molar-refractivity contribution is 0.108. The molecule has 1 aliphatic heterocycles. The molecule has 1 fully saturated rings. The van der Waals surface area contributed by atoms with Gasteiger partial charge in [-0.3, -0.25) is 4.90 Å². The average Bonchev–Trinajstić information content (AvgIpc) is 2.35. The van der Waals surface area contributed by atoms with Gasteiger partial charge in [-0.2, -0.15) is 0 Å². The molecule has 0 aromatic rings. The first-order chi connectivity index (χ1) is 8.08. The Morgan fingerprint density at radius 3 is 2.12 bits per heavy atom.